The lowest BCUT2D eigenvalue weighted by Gasteiger charge is -2.11. The molecule has 31 heavy (non-hydrogen) atoms. The number of nitrogens with two attached hydrogens (primary N) is 1. The Morgan fingerprint density at radius 2 is 1.65 bits per heavy atom. The van der Waals surface area contributed by atoms with Crippen molar-refractivity contribution in [3.63, 3.8) is 0 Å². The summed E-state index contributed by atoms with van der Waals surface area (Å²) in [5.74, 6) is 0.0666. The zero-order chi connectivity index (χ0) is 22.4. The quantitative estimate of drug-likeness (QED) is 0.324. The van der Waals surface area contributed by atoms with Gasteiger partial charge >= 0.3 is 16.1 Å². The number of benzene rings is 2. The van der Waals surface area contributed by atoms with E-state index in [9.17, 15) is 13.2 Å². The molecular weight excluding hydrogens is 420 g/mol. The first-order valence-corrected chi connectivity index (χ1v) is 10.8. The van der Waals surface area contributed by atoms with Gasteiger partial charge < -0.3 is 19.4 Å². The van der Waals surface area contributed by atoms with Crippen LogP contribution in [0.1, 0.15) is 15.9 Å². The zero-order valence-electron chi connectivity index (χ0n) is 17.1. The fraction of sp³-hybridized carbons (Fsp3) is 0.182. The zero-order valence-corrected chi connectivity index (χ0v) is 18.0. The van der Waals surface area contributed by atoms with Crippen LogP contribution in [0.3, 0.4) is 0 Å². The first-order chi connectivity index (χ1) is 14.8. The smallest absolute Gasteiger partial charge is 0.339 e. The first kappa shape index (κ1) is 22.1. The minimum absolute atomic E-state index is 0.0797. The number of nitrogen functional groups attached to an aromatic ring is 1. The van der Waals surface area contributed by atoms with Gasteiger partial charge in [0.05, 0.1) is 12.7 Å². The lowest BCUT2D eigenvalue weighted by Crippen LogP contribution is -2.35. The fourth-order valence-corrected chi connectivity index (χ4v) is 3.70. The number of rotatable bonds is 8. The Hall–Kier alpha value is -3.59. The second kappa shape index (κ2) is 9.48. The number of nitrogens with zero attached hydrogens (tertiary/aromatic N) is 1. The Kier molecular flexibility index (Phi) is 6.76. The molecule has 0 amide bonds. The van der Waals surface area contributed by atoms with E-state index >= 15 is 0 Å². The average Bonchev–Trinajstić information content (AvgIpc) is 2.74. The third-order valence-corrected chi connectivity index (χ3v) is 5.59. The number of carbonyl (C=O) groups excluding carboxylic acids is 1. The van der Waals surface area contributed by atoms with Crippen molar-refractivity contribution in [2.24, 2.45) is 0 Å². The van der Waals surface area contributed by atoms with Crippen molar-refractivity contribution < 1.29 is 31.4 Å². The van der Waals surface area contributed by atoms with Gasteiger partial charge in [0.2, 0.25) is 0 Å². The number of anilines is 1. The molecule has 0 unspecified atom stereocenters. The second-order valence-electron chi connectivity index (χ2n) is 6.75. The molecule has 0 saturated heterocycles. The molecule has 3 rings (SSSR count). The lowest BCUT2D eigenvalue weighted by molar-refractivity contribution is -0.697. The Bertz CT molecular complexity index is 1160. The van der Waals surface area contributed by atoms with Crippen molar-refractivity contribution in [2.75, 3.05) is 19.5 Å². The molecule has 0 saturated carbocycles. The average molecular weight is 444 g/mol. The number of hydrogen-bond donors (Lipinski definition) is 1. The number of ether oxygens (including phenoxy) is 2. The number of aromatic nitrogens is 1. The van der Waals surface area contributed by atoms with Crippen LogP contribution in [0.15, 0.2) is 71.9 Å². The van der Waals surface area contributed by atoms with E-state index < -0.39 is 16.1 Å². The van der Waals surface area contributed by atoms with Gasteiger partial charge in [-0.1, -0.05) is 0 Å². The molecule has 0 atom stereocenters. The summed E-state index contributed by atoms with van der Waals surface area (Å²) in [7, 11) is -2.84. The summed E-state index contributed by atoms with van der Waals surface area (Å²) in [6.07, 6.45) is 3.70. The minimum atomic E-state index is -4.09. The van der Waals surface area contributed by atoms with E-state index in [1.54, 1.807) is 24.3 Å². The fourth-order valence-electron chi connectivity index (χ4n) is 2.78. The van der Waals surface area contributed by atoms with E-state index in [4.69, 9.17) is 14.7 Å². The van der Waals surface area contributed by atoms with Crippen LogP contribution in [0.2, 0.25) is 0 Å². The topological polar surface area (TPSA) is 109 Å². The van der Waals surface area contributed by atoms with Gasteiger partial charge in [-0.2, -0.15) is 8.42 Å². The summed E-state index contributed by atoms with van der Waals surface area (Å²) < 4.78 is 42.8. The van der Waals surface area contributed by atoms with Gasteiger partial charge in [-0.05, 0) is 48.9 Å². The van der Waals surface area contributed by atoms with Crippen LogP contribution in [0.5, 0.6) is 11.5 Å². The summed E-state index contributed by atoms with van der Waals surface area (Å²) in [5, 5.41) is 0. The van der Waals surface area contributed by atoms with Crippen molar-refractivity contribution in [3.05, 3.63) is 78.1 Å². The second-order valence-corrected chi connectivity index (χ2v) is 8.30. The van der Waals surface area contributed by atoms with Gasteiger partial charge in [0.25, 0.3) is 0 Å². The largest absolute Gasteiger partial charge is 0.487 e. The monoisotopic (exact) mass is 443 g/mol. The maximum atomic E-state index is 12.6. The van der Waals surface area contributed by atoms with Gasteiger partial charge in [-0.25, -0.2) is 9.36 Å². The molecule has 0 aliphatic carbocycles. The molecule has 3 aromatic rings. The van der Waals surface area contributed by atoms with Gasteiger partial charge in [-0.15, -0.1) is 0 Å². The van der Waals surface area contributed by atoms with Crippen LogP contribution in [-0.4, -0.2) is 28.1 Å². The summed E-state index contributed by atoms with van der Waals surface area (Å²) in [6, 6.07) is 13.8. The minimum Gasteiger partial charge on any atom is -0.487 e. The van der Waals surface area contributed by atoms with Crippen molar-refractivity contribution in [3.8, 4) is 11.5 Å². The molecule has 162 valence electrons. The maximum Gasteiger partial charge on any atom is 0.339 e. The van der Waals surface area contributed by atoms with E-state index in [0.29, 0.717) is 24.6 Å². The Labute approximate surface area is 180 Å². The molecule has 2 aromatic carbocycles. The van der Waals surface area contributed by atoms with Crippen LogP contribution in [-0.2, 0) is 21.4 Å². The SMILES string of the molecule is COC(=O)c1ccc(S(=O)(=O)Oc2cc(C)cc(OCC[n+]3ccc(N)cc3)c2)cc1. The summed E-state index contributed by atoms with van der Waals surface area (Å²) in [6.45, 7) is 2.78. The Morgan fingerprint density at radius 3 is 2.29 bits per heavy atom. The molecule has 0 aliphatic heterocycles. The highest BCUT2D eigenvalue weighted by Gasteiger charge is 2.18. The highest BCUT2D eigenvalue weighted by molar-refractivity contribution is 7.87. The Morgan fingerprint density at radius 1 is 1.00 bits per heavy atom. The van der Waals surface area contributed by atoms with Gasteiger partial charge in [0, 0.05) is 23.9 Å². The lowest BCUT2D eigenvalue weighted by atomic mass is 10.2. The van der Waals surface area contributed by atoms with Gasteiger partial charge in [0.15, 0.2) is 18.9 Å². The molecule has 0 aliphatic rings. The number of carbonyl (C=O) groups is 1. The molecule has 0 bridgehead atoms. The summed E-state index contributed by atoms with van der Waals surface area (Å²) in [4.78, 5) is 11.4. The van der Waals surface area contributed by atoms with Crippen LogP contribution in [0.25, 0.3) is 0 Å². The predicted molar refractivity (Wildman–Crippen MR) is 113 cm³/mol. The standard InChI is InChI=1S/C22H22N2O6S/c1-16-13-19(29-12-11-24-9-7-18(23)8-10-24)15-20(14-16)30-31(26,27)21-5-3-17(4-6-21)22(25)28-2/h3-10,13-15,23H,11-12H2,1-2H3/p+1. The molecule has 0 fully saturated rings. The summed E-state index contributed by atoms with van der Waals surface area (Å²) >= 11 is 0. The van der Waals surface area contributed by atoms with E-state index in [0.717, 1.165) is 5.56 Å². The third-order valence-electron chi connectivity index (χ3n) is 4.33. The molecule has 8 nitrogen and oxygen atoms in total. The molecule has 0 radical (unpaired) electrons. The van der Waals surface area contributed by atoms with E-state index in [-0.39, 0.29) is 16.2 Å². The van der Waals surface area contributed by atoms with Crippen molar-refractivity contribution in [1.29, 1.82) is 0 Å². The summed E-state index contributed by atoms with van der Waals surface area (Å²) in [5.41, 5.74) is 7.37. The number of methoxy groups -OCH3 is 1. The normalized spacial score (nSPS) is 11.0. The van der Waals surface area contributed by atoms with Gasteiger partial charge in [0.1, 0.15) is 23.0 Å². The molecular formula is C22H23N2O6S+. The first-order valence-electron chi connectivity index (χ1n) is 9.39. The highest BCUT2D eigenvalue weighted by Crippen LogP contribution is 2.26. The molecule has 0 spiro atoms. The molecule has 9 heteroatoms. The molecule has 1 aromatic heterocycles. The number of aryl methyl sites for hydroxylation is 1. The van der Waals surface area contributed by atoms with E-state index in [2.05, 4.69) is 4.74 Å². The van der Waals surface area contributed by atoms with E-state index in [1.165, 1.54) is 37.4 Å². The van der Waals surface area contributed by atoms with Crippen molar-refractivity contribution in [2.45, 2.75) is 18.4 Å². The van der Waals surface area contributed by atoms with E-state index in [1.807, 2.05) is 23.9 Å². The number of esters is 1. The molecule has 1 heterocycles. The molecule has 2 N–H and O–H groups in total. The Balaban J connectivity index is 1.68. The predicted octanol–water partition coefficient (Wildman–Crippen LogP) is 2.50. The van der Waals surface area contributed by atoms with Crippen molar-refractivity contribution in [1.82, 2.24) is 0 Å². The highest BCUT2D eigenvalue weighted by atomic mass is 32.2. The van der Waals surface area contributed by atoms with Crippen LogP contribution >= 0.6 is 0 Å². The number of hydrogen-bond acceptors (Lipinski definition) is 7. The van der Waals surface area contributed by atoms with Crippen molar-refractivity contribution >= 4 is 21.8 Å². The van der Waals surface area contributed by atoms with Crippen LogP contribution in [0, 0.1) is 6.92 Å². The van der Waals surface area contributed by atoms with Gasteiger partial charge in [-0.3, -0.25) is 0 Å². The maximum absolute atomic E-state index is 12.6. The van der Waals surface area contributed by atoms with Crippen LogP contribution < -0.4 is 19.2 Å². The number of pyridine rings is 1. The third kappa shape index (κ3) is 5.95. The van der Waals surface area contributed by atoms with Crippen LogP contribution in [0.4, 0.5) is 5.69 Å².